The van der Waals surface area contributed by atoms with Crippen LogP contribution in [0.25, 0.3) is 0 Å². The summed E-state index contributed by atoms with van der Waals surface area (Å²) in [6, 6.07) is 1.67. The van der Waals surface area contributed by atoms with E-state index in [9.17, 15) is 23.3 Å². The van der Waals surface area contributed by atoms with E-state index < -0.39 is 33.1 Å². The standard InChI is InChI=1S/C8H5ClF3NO3/c1-16-7-5(13(14)15)3-2-4(9)6(7)8(10,11)12/h2-3H,1H3. The van der Waals surface area contributed by atoms with Gasteiger partial charge in [0.15, 0.2) is 0 Å². The number of ether oxygens (including phenoxy) is 1. The lowest BCUT2D eigenvalue weighted by atomic mass is 10.1. The molecule has 0 aliphatic rings. The number of benzene rings is 1. The Hall–Kier alpha value is -1.50. The van der Waals surface area contributed by atoms with Gasteiger partial charge in [0, 0.05) is 6.07 Å². The molecule has 0 saturated heterocycles. The summed E-state index contributed by atoms with van der Waals surface area (Å²) in [5, 5.41) is 9.84. The normalized spacial score (nSPS) is 11.3. The maximum atomic E-state index is 12.6. The van der Waals surface area contributed by atoms with Gasteiger partial charge in [0.25, 0.3) is 0 Å². The van der Waals surface area contributed by atoms with Gasteiger partial charge in [-0.25, -0.2) is 0 Å². The summed E-state index contributed by atoms with van der Waals surface area (Å²) >= 11 is 5.35. The van der Waals surface area contributed by atoms with Crippen LogP contribution in [-0.4, -0.2) is 12.0 Å². The molecule has 0 atom stereocenters. The van der Waals surface area contributed by atoms with Crippen LogP contribution in [0.2, 0.25) is 5.02 Å². The van der Waals surface area contributed by atoms with Gasteiger partial charge in [-0.1, -0.05) is 11.6 Å². The molecule has 0 aliphatic carbocycles. The van der Waals surface area contributed by atoms with Crippen LogP contribution >= 0.6 is 11.6 Å². The Morgan fingerprint density at radius 3 is 2.38 bits per heavy atom. The molecule has 16 heavy (non-hydrogen) atoms. The molecule has 1 rings (SSSR count). The Bertz CT molecular complexity index is 433. The fraction of sp³-hybridized carbons (Fsp3) is 0.250. The third-order valence-electron chi connectivity index (χ3n) is 1.77. The number of alkyl halides is 3. The number of halogens is 4. The zero-order valence-electron chi connectivity index (χ0n) is 7.84. The highest BCUT2D eigenvalue weighted by Gasteiger charge is 2.40. The van der Waals surface area contributed by atoms with E-state index in [1.165, 1.54) is 0 Å². The summed E-state index contributed by atoms with van der Waals surface area (Å²) < 4.78 is 42.1. The molecule has 88 valence electrons. The first-order valence-electron chi connectivity index (χ1n) is 3.87. The third-order valence-corrected chi connectivity index (χ3v) is 2.09. The Labute approximate surface area is 92.7 Å². The van der Waals surface area contributed by atoms with E-state index in [0.29, 0.717) is 0 Å². The molecule has 0 N–H and O–H groups in total. The van der Waals surface area contributed by atoms with E-state index in [2.05, 4.69) is 4.74 Å². The molecule has 1 aromatic rings. The number of rotatable bonds is 2. The minimum atomic E-state index is -4.81. The van der Waals surface area contributed by atoms with Gasteiger partial charge in [0.2, 0.25) is 5.75 Å². The molecular weight excluding hydrogens is 251 g/mol. The number of nitro groups is 1. The van der Waals surface area contributed by atoms with Crippen molar-refractivity contribution < 1.29 is 22.8 Å². The molecule has 0 spiro atoms. The molecule has 0 heterocycles. The van der Waals surface area contributed by atoms with Crippen LogP contribution in [0.3, 0.4) is 0 Å². The van der Waals surface area contributed by atoms with Gasteiger partial charge >= 0.3 is 11.9 Å². The Morgan fingerprint density at radius 2 is 2.00 bits per heavy atom. The van der Waals surface area contributed by atoms with E-state index in [-0.39, 0.29) is 0 Å². The third kappa shape index (κ3) is 2.19. The zero-order valence-corrected chi connectivity index (χ0v) is 8.59. The summed E-state index contributed by atoms with van der Waals surface area (Å²) in [5.74, 6) is -0.884. The molecule has 0 fully saturated rings. The first kappa shape index (κ1) is 12.6. The van der Waals surface area contributed by atoms with Gasteiger partial charge in [0.05, 0.1) is 17.1 Å². The molecule has 0 amide bonds. The number of hydrogen-bond acceptors (Lipinski definition) is 3. The quantitative estimate of drug-likeness (QED) is 0.602. The van der Waals surface area contributed by atoms with Gasteiger partial charge in [-0.15, -0.1) is 0 Å². The molecule has 0 bridgehead atoms. The summed E-state index contributed by atoms with van der Waals surface area (Å²) in [6.45, 7) is 0. The average molecular weight is 256 g/mol. The van der Waals surface area contributed by atoms with Crippen molar-refractivity contribution in [1.29, 1.82) is 0 Å². The number of nitro benzene ring substituents is 1. The Balaban J connectivity index is 3.57. The van der Waals surface area contributed by atoms with Crippen molar-refractivity contribution in [2.24, 2.45) is 0 Å². The second-order valence-electron chi connectivity index (χ2n) is 2.73. The van der Waals surface area contributed by atoms with Gasteiger partial charge in [0.1, 0.15) is 5.56 Å². The lowest BCUT2D eigenvalue weighted by Gasteiger charge is -2.13. The molecular formula is C8H5ClF3NO3. The molecule has 0 aromatic heterocycles. The monoisotopic (exact) mass is 255 g/mol. The number of methoxy groups -OCH3 is 1. The average Bonchev–Trinajstić information content (AvgIpc) is 2.14. The molecule has 1 aromatic carbocycles. The van der Waals surface area contributed by atoms with Crippen molar-refractivity contribution in [2.45, 2.75) is 6.18 Å². The second kappa shape index (κ2) is 4.17. The predicted molar refractivity (Wildman–Crippen MR) is 49.7 cm³/mol. The van der Waals surface area contributed by atoms with Gasteiger partial charge < -0.3 is 4.74 Å². The van der Waals surface area contributed by atoms with Crippen molar-refractivity contribution in [3.8, 4) is 5.75 Å². The van der Waals surface area contributed by atoms with Crippen molar-refractivity contribution in [1.82, 2.24) is 0 Å². The van der Waals surface area contributed by atoms with Crippen molar-refractivity contribution in [3.63, 3.8) is 0 Å². The van der Waals surface area contributed by atoms with Crippen LogP contribution in [0.15, 0.2) is 12.1 Å². The van der Waals surface area contributed by atoms with E-state index in [4.69, 9.17) is 11.6 Å². The molecule has 0 radical (unpaired) electrons. The summed E-state index contributed by atoms with van der Waals surface area (Å²) in [6.07, 6.45) is -4.81. The molecule has 0 saturated carbocycles. The van der Waals surface area contributed by atoms with E-state index in [0.717, 1.165) is 19.2 Å². The van der Waals surface area contributed by atoms with Crippen molar-refractivity contribution in [3.05, 3.63) is 32.8 Å². The summed E-state index contributed by atoms with van der Waals surface area (Å²) in [5.41, 5.74) is -2.12. The van der Waals surface area contributed by atoms with Crippen LogP contribution in [0.1, 0.15) is 5.56 Å². The van der Waals surface area contributed by atoms with Crippen LogP contribution in [0, 0.1) is 10.1 Å². The number of hydrogen-bond donors (Lipinski definition) is 0. The van der Waals surface area contributed by atoms with E-state index in [1.54, 1.807) is 0 Å². The highest BCUT2D eigenvalue weighted by molar-refractivity contribution is 6.31. The largest absolute Gasteiger partial charge is 0.490 e. The zero-order chi connectivity index (χ0) is 12.5. The predicted octanol–water partition coefficient (Wildman–Crippen LogP) is 3.28. The minimum absolute atomic E-state index is 0.644. The summed E-state index contributed by atoms with van der Waals surface area (Å²) in [4.78, 5) is 9.52. The molecule has 0 unspecified atom stereocenters. The minimum Gasteiger partial charge on any atom is -0.490 e. The highest BCUT2D eigenvalue weighted by Crippen LogP contribution is 2.45. The van der Waals surface area contributed by atoms with Crippen LogP contribution in [0.4, 0.5) is 18.9 Å². The highest BCUT2D eigenvalue weighted by atomic mass is 35.5. The fourth-order valence-electron chi connectivity index (χ4n) is 1.16. The van der Waals surface area contributed by atoms with Crippen LogP contribution in [-0.2, 0) is 6.18 Å². The van der Waals surface area contributed by atoms with E-state index >= 15 is 0 Å². The second-order valence-corrected chi connectivity index (χ2v) is 3.14. The van der Waals surface area contributed by atoms with Crippen molar-refractivity contribution >= 4 is 17.3 Å². The Morgan fingerprint density at radius 1 is 1.44 bits per heavy atom. The smallest absolute Gasteiger partial charge is 0.421 e. The fourth-order valence-corrected chi connectivity index (χ4v) is 1.42. The number of nitrogens with zero attached hydrogens (tertiary/aromatic N) is 1. The van der Waals surface area contributed by atoms with Gasteiger partial charge in [-0.2, -0.15) is 13.2 Å². The first-order chi connectivity index (χ1) is 7.29. The molecule has 4 nitrogen and oxygen atoms in total. The van der Waals surface area contributed by atoms with Gasteiger partial charge in [-0.05, 0) is 6.07 Å². The van der Waals surface area contributed by atoms with Crippen LogP contribution < -0.4 is 4.74 Å². The lowest BCUT2D eigenvalue weighted by molar-refractivity contribution is -0.386. The first-order valence-corrected chi connectivity index (χ1v) is 4.25. The lowest BCUT2D eigenvalue weighted by Crippen LogP contribution is -2.10. The molecule has 0 aliphatic heterocycles. The maximum Gasteiger partial charge on any atom is 0.421 e. The van der Waals surface area contributed by atoms with Gasteiger partial charge in [-0.3, -0.25) is 10.1 Å². The molecule has 8 heteroatoms. The topological polar surface area (TPSA) is 52.4 Å². The van der Waals surface area contributed by atoms with Crippen LogP contribution in [0.5, 0.6) is 5.75 Å². The van der Waals surface area contributed by atoms with Crippen molar-refractivity contribution in [2.75, 3.05) is 7.11 Å². The SMILES string of the molecule is COc1c([N+](=O)[O-])ccc(Cl)c1C(F)(F)F. The Kier molecular flexibility index (Phi) is 3.27. The maximum absolute atomic E-state index is 12.6. The summed E-state index contributed by atoms with van der Waals surface area (Å²) in [7, 11) is 0.911. The van der Waals surface area contributed by atoms with E-state index in [1.807, 2.05) is 0 Å².